The molecule has 3 nitrogen and oxygen atoms in total. The first kappa shape index (κ1) is 10.9. The lowest BCUT2D eigenvalue weighted by atomic mass is 10.4. The number of thiophene rings is 1. The van der Waals surface area contributed by atoms with Gasteiger partial charge >= 0.3 is 0 Å². The molecule has 0 saturated heterocycles. The maximum absolute atomic E-state index is 5.80. The molecule has 78 valence electrons. The molecule has 15 heavy (non-hydrogen) atoms. The highest BCUT2D eigenvalue weighted by molar-refractivity contribution is 9.11. The summed E-state index contributed by atoms with van der Waals surface area (Å²) in [5, 5.41) is 5.36. The molecule has 0 fully saturated rings. The smallest absolute Gasteiger partial charge is 0.224 e. The van der Waals surface area contributed by atoms with Gasteiger partial charge in [-0.1, -0.05) is 22.5 Å². The number of fused-ring (bicyclic) bond motifs is 1. The van der Waals surface area contributed by atoms with Crippen molar-refractivity contribution in [3.05, 3.63) is 27.8 Å². The zero-order valence-electron chi connectivity index (χ0n) is 7.63. The predicted molar refractivity (Wildman–Crippen MR) is 69.0 cm³/mol. The molecule has 0 saturated carbocycles. The van der Waals surface area contributed by atoms with Crippen molar-refractivity contribution in [3.63, 3.8) is 0 Å². The minimum absolute atomic E-state index is 0.253. The van der Waals surface area contributed by atoms with Crippen LogP contribution in [0.1, 0.15) is 0 Å². The minimum Gasteiger partial charge on any atom is -0.364 e. The maximum atomic E-state index is 5.80. The summed E-state index contributed by atoms with van der Waals surface area (Å²) in [5.74, 6) is 0.751. The van der Waals surface area contributed by atoms with Crippen molar-refractivity contribution in [1.29, 1.82) is 0 Å². The van der Waals surface area contributed by atoms with Crippen molar-refractivity contribution in [2.45, 2.75) is 0 Å². The van der Waals surface area contributed by atoms with Gasteiger partial charge in [-0.2, -0.15) is 4.98 Å². The third-order valence-corrected chi connectivity index (χ3v) is 3.08. The Balaban J connectivity index is 2.39. The SMILES string of the molecule is C=C(Br)CNc1nc(Cl)nc2ccsc12. The second-order valence-corrected chi connectivity index (χ2v) is 5.22. The molecule has 0 amide bonds. The van der Waals surface area contributed by atoms with Gasteiger partial charge in [-0.3, -0.25) is 0 Å². The van der Waals surface area contributed by atoms with E-state index in [0.717, 1.165) is 20.5 Å². The molecule has 0 radical (unpaired) electrons. The van der Waals surface area contributed by atoms with E-state index in [2.05, 4.69) is 37.8 Å². The Labute approximate surface area is 104 Å². The molecule has 2 heterocycles. The zero-order valence-corrected chi connectivity index (χ0v) is 10.8. The molecule has 2 aromatic heterocycles. The molecule has 6 heteroatoms. The average Bonchev–Trinajstić information content (AvgIpc) is 2.61. The molecule has 0 bridgehead atoms. The van der Waals surface area contributed by atoms with Crippen LogP contribution in [0.3, 0.4) is 0 Å². The molecular weight excluding hydrogens is 298 g/mol. The Morgan fingerprint density at radius 2 is 2.40 bits per heavy atom. The summed E-state index contributed by atoms with van der Waals surface area (Å²) in [5.41, 5.74) is 0.864. The second-order valence-electron chi connectivity index (χ2n) is 2.85. The van der Waals surface area contributed by atoms with Gasteiger partial charge in [0.05, 0.1) is 10.2 Å². The van der Waals surface area contributed by atoms with Crippen molar-refractivity contribution < 1.29 is 0 Å². The first-order valence-corrected chi connectivity index (χ1v) is 6.20. The Hall–Kier alpha value is -0.650. The maximum Gasteiger partial charge on any atom is 0.224 e. The molecule has 0 atom stereocenters. The summed E-state index contributed by atoms with van der Waals surface area (Å²) in [7, 11) is 0. The Morgan fingerprint density at radius 3 is 3.13 bits per heavy atom. The number of rotatable bonds is 3. The lowest BCUT2D eigenvalue weighted by Crippen LogP contribution is -2.03. The lowest BCUT2D eigenvalue weighted by Gasteiger charge is -2.05. The van der Waals surface area contributed by atoms with Crippen LogP contribution in [0.5, 0.6) is 0 Å². The first-order valence-electron chi connectivity index (χ1n) is 4.14. The molecule has 0 aliphatic carbocycles. The molecule has 1 N–H and O–H groups in total. The van der Waals surface area contributed by atoms with E-state index >= 15 is 0 Å². The summed E-state index contributed by atoms with van der Waals surface area (Å²) in [4.78, 5) is 8.25. The summed E-state index contributed by atoms with van der Waals surface area (Å²) in [6.45, 7) is 4.35. The fourth-order valence-electron chi connectivity index (χ4n) is 1.13. The van der Waals surface area contributed by atoms with E-state index in [1.807, 2.05) is 11.4 Å². The van der Waals surface area contributed by atoms with Gasteiger partial charge < -0.3 is 5.32 Å². The van der Waals surface area contributed by atoms with Gasteiger partial charge in [0.15, 0.2) is 0 Å². The Bertz CT molecular complexity index is 511. The molecule has 2 aromatic rings. The molecule has 0 aliphatic rings. The number of hydrogen-bond acceptors (Lipinski definition) is 4. The van der Waals surface area contributed by atoms with Crippen LogP contribution in [0.2, 0.25) is 5.28 Å². The third-order valence-electron chi connectivity index (χ3n) is 1.72. The number of halogens is 2. The summed E-state index contributed by atoms with van der Waals surface area (Å²) < 4.78 is 1.87. The van der Waals surface area contributed by atoms with Crippen LogP contribution in [0.4, 0.5) is 5.82 Å². The van der Waals surface area contributed by atoms with E-state index < -0.39 is 0 Å². The van der Waals surface area contributed by atoms with Crippen LogP contribution < -0.4 is 5.32 Å². The molecule has 2 rings (SSSR count). The molecule has 0 aromatic carbocycles. The van der Waals surface area contributed by atoms with Gasteiger partial charge in [0.1, 0.15) is 5.82 Å². The van der Waals surface area contributed by atoms with Crippen LogP contribution in [-0.4, -0.2) is 16.5 Å². The molecule has 0 spiro atoms. The number of nitrogens with zero attached hydrogens (tertiary/aromatic N) is 2. The molecule has 0 aliphatic heterocycles. The number of nitrogens with one attached hydrogen (secondary N) is 1. The highest BCUT2D eigenvalue weighted by atomic mass is 79.9. The predicted octanol–water partition coefficient (Wildman–Crippen LogP) is 3.67. The lowest BCUT2D eigenvalue weighted by molar-refractivity contribution is 1.19. The fourth-order valence-corrected chi connectivity index (χ4v) is 2.25. The van der Waals surface area contributed by atoms with E-state index in [1.165, 1.54) is 0 Å². The van der Waals surface area contributed by atoms with E-state index in [0.29, 0.717) is 6.54 Å². The first-order chi connectivity index (χ1) is 7.16. The third kappa shape index (κ3) is 2.48. The van der Waals surface area contributed by atoms with Crippen molar-refractivity contribution in [2.75, 3.05) is 11.9 Å². The zero-order chi connectivity index (χ0) is 10.8. The number of anilines is 1. The van der Waals surface area contributed by atoms with Crippen molar-refractivity contribution >= 4 is 54.9 Å². The number of hydrogen-bond donors (Lipinski definition) is 1. The standard InChI is InChI=1S/C9H7BrClN3S/c1-5(10)4-12-8-7-6(2-3-15-7)13-9(11)14-8/h2-3H,1,4H2,(H,12,13,14). The molecular formula is C9H7BrClN3S. The fraction of sp³-hybridized carbons (Fsp3) is 0.111. The van der Waals surface area contributed by atoms with Crippen LogP contribution in [0.15, 0.2) is 22.5 Å². The van der Waals surface area contributed by atoms with E-state index in [-0.39, 0.29) is 5.28 Å². The van der Waals surface area contributed by atoms with Crippen LogP contribution in [0.25, 0.3) is 10.2 Å². The van der Waals surface area contributed by atoms with Gasteiger partial charge in [-0.05, 0) is 23.0 Å². The van der Waals surface area contributed by atoms with E-state index in [9.17, 15) is 0 Å². The van der Waals surface area contributed by atoms with Gasteiger partial charge in [-0.25, -0.2) is 4.98 Å². The molecule has 0 unspecified atom stereocenters. The van der Waals surface area contributed by atoms with Gasteiger partial charge in [0, 0.05) is 11.0 Å². The highest BCUT2D eigenvalue weighted by Crippen LogP contribution is 2.27. The van der Waals surface area contributed by atoms with Gasteiger partial charge in [0.2, 0.25) is 5.28 Å². The summed E-state index contributed by atoms with van der Waals surface area (Å²) >= 11 is 10.7. The van der Waals surface area contributed by atoms with Crippen molar-refractivity contribution in [1.82, 2.24) is 9.97 Å². The summed E-state index contributed by atoms with van der Waals surface area (Å²) in [6, 6.07) is 1.92. The average molecular weight is 305 g/mol. The topological polar surface area (TPSA) is 37.8 Å². The van der Waals surface area contributed by atoms with Gasteiger partial charge in [-0.15, -0.1) is 11.3 Å². The normalized spacial score (nSPS) is 10.5. The van der Waals surface area contributed by atoms with Crippen molar-refractivity contribution in [2.24, 2.45) is 0 Å². The minimum atomic E-state index is 0.253. The quantitative estimate of drug-likeness (QED) is 0.879. The van der Waals surface area contributed by atoms with Crippen LogP contribution in [-0.2, 0) is 0 Å². The van der Waals surface area contributed by atoms with E-state index in [1.54, 1.807) is 11.3 Å². The Morgan fingerprint density at radius 1 is 1.60 bits per heavy atom. The largest absolute Gasteiger partial charge is 0.364 e. The second kappa shape index (κ2) is 4.47. The number of aromatic nitrogens is 2. The highest BCUT2D eigenvalue weighted by Gasteiger charge is 2.07. The summed E-state index contributed by atoms with van der Waals surface area (Å²) in [6.07, 6.45) is 0. The monoisotopic (exact) mass is 303 g/mol. The van der Waals surface area contributed by atoms with Gasteiger partial charge in [0.25, 0.3) is 0 Å². The van der Waals surface area contributed by atoms with Crippen LogP contribution >= 0.6 is 38.9 Å². The van der Waals surface area contributed by atoms with E-state index in [4.69, 9.17) is 11.6 Å². The Kier molecular flexibility index (Phi) is 3.23. The van der Waals surface area contributed by atoms with Crippen molar-refractivity contribution in [3.8, 4) is 0 Å². The van der Waals surface area contributed by atoms with Crippen LogP contribution in [0, 0.1) is 0 Å².